The molecule has 0 aromatic rings. The molecule has 0 saturated heterocycles. The molecule has 0 aromatic heterocycles. The van der Waals surface area contributed by atoms with Gasteiger partial charge < -0.3 is 25.2 Å². The summed E-state index contributed by atoms with van der Waals surface area (Å²) >= 11 is 0. The molecule has 4 N–H and O–H groups in total. The predicted molar refractivity (Wildman–Crippen MR) is 277 cm³/mol. The predicted octanol–water partition coefficient (Wildman–Crippen LogP) is 15.5. The van der Waals surface area contributed by atoms with Gasteiger partial charge in [-0.15, -0.1) is 0 Å². The summed E-state index contributed by atoms with van der Waals surface area (Å²) in [5.41, 5.74) is 0. The quantitative estimate of drug-likeness (QED) is 0.0199. The lowest BCUT2D eigenvalue weighted by Gasteiger charge is -2.18. The van der Waals surface area contributed by atoms with Crippen LogP contribution in [0.4, 0.5) is 0 Å². The Hall–Kier alpha value is -2.30. The van der Waals surface area contributed by atoms with Crippen molar-refractivity contribution in [2.24, 2.45) is 0 Å². The Morgan fingerprint density at radius 1 is 0.478 bits per heavy atom. The third-order valence-electron chi connectivity index (χ3n) is 12.2. The van der Waals surface area contributed by atoms with Crippen LogP contribution in [0, 0.1) is 0 Å². The number of aliphatic hydroxyl groups excluding tert-OH is 1. The minimum atomic E-state index is -4.76. The standard InChI is InChI=1S/C55H102NO10P/c1-3-5-7-9-11-13-15-17-19-21-23-25-26-27-29-31-33-35-37-39-41-43-45-47-54(59)64-48-51(57)49-65-67(62,63)66-50-52(55(60)61)56-53(58)46-44-42-40-38-36-34-32-30-28-24-22-20-18-16-14-12-10-8-6-4-2/h11,13,17,19,23,25,51-52,57H,3-10,12,14-16,18,20-22,24,26-50H2,1-2H3,(H,56,58)(H,60,61)(H,62,63)/b13-11-,19-17-,25-23-. The minimum absolute atomic E-state index is 0.150. The van der Waals surface area contributed by atoms with Gasteiger partial charge >= 0.3 is 19.8 Å². The monoisotopic (exact) mass is 968 g/mol. The minimum Gasteiger partial charge on any atom is -0.480 e. The molecule has 392 valence electrons. The molecule has 3 unspecified atom stereocenters. The van der Waals surface area contributed by atoms with Crippen LogP contribution in [-0.2, 0) is 32.7 Å². The van der Waals surface area contributed by atoms with Crippen molar-refractivity contribution in [3.05, 3.63) is 36.5 Å². The Balaban J connectivity index is 3.78. The molecule has 0 spiro atoms. The molecule has 0 saturated carbocycles. The number of nitrogens with one attached hydrogen (secondary N) is 1. The fourth-order valence-electron chi connectivity index (χ4n) is 7.91. The van der Waals surface area contributed by atoms with Crippen molar-refractivity contribution in [2.75, 3.05) is 19.8 Å². The topological polar surface area (TPSA) is 169 Å². The van der Waals surface area contributed by atoms with Gasteiger partial charge in [0.1, 0.15) is 12.7 Å². The van der Waals surface area contributed by atoms with Gasteiger partial charge in [0.05, 0.1) is 13.2 Å². The first-order valence-electron chi connectivity index (χ1n) is 27.5. The van der Waals surface area contributed by atoms with E-state index in [0.29, 0.717) is 12.8 Å². The summed E-state index contributed by atoms with van der Waals surface area (Å²) in [5, 5.41) is 22.0. The highest BCUT2D eigenvalue weighted by molar-refractivity contribution is 7.47. The van der Waals surface area contributed by atoms with Gasteiger partial charge in [-0.05, 0) is 51.4 Å². The number of hydrogen-bond donors (Lipinski definition) is 4. The molecule has 67 heavy (non-hydrogen) atoms. The second-order valence-corrected chi connectivity index (χ2v) is 20.2. The summed E-state index contributed by atoms with van der Waals surface area (Å²) in [6.45, 7) is 2.62. The molecule has 0 fully saturated rings. The molecular weight excluding hydrogens is 866 g/mol. The van der Waals surface area contributed by atoms with E-state index in [4.69, 9.17) is 13.8 Å². The lowest BCUT2D eigenvalue weighted by molar-refractivity contribution is -0.147. The number of phosphoric acid groups is 1. The summed E-state index contributed by atoms with van der Waals surface area (Å²) in [5.74, 6) is -2.36. The normalized spacial score (nSPS) is 13.7. The van der Waals surface area contributed by atoms with Gasteiger partial charge in [-0.1, -0.05) is 237 Å². The molecule has 0 rings (SSSR count). The zero-order valence-corrected chi connectivity index (χ0v) is 43.9. The van der Waals surface area contributed by atoms with E-state index in [-0.39, 0.29) is 12.8 Å². The van der Waals surface area contributed by atoms with E-state index in [1.54, 1.807) is 0 Å². The van der Waals surface area contributed by atoms with Gasteiger partial charge in [-0.3, -0.25) is 18.6 Å². The first-order valence-corrected chi connectivity index (χ1v) is 29.0. The Morgan fingerprint density at radius 2 is 0.821 bits per heavy atom. The highest BCUT2D eigenvalue weighted by Gasteiger charge is 2.28. The summed E-state index contributed by atoms with van der Waals surface area (Å²) in [6, 6.07) is -1.55. The van der Waals surface area contributed by atoms with Crippen LogP contribution in [0.2, 0.25) is 0 Å². The largest absolute Gasteiger partial charge is 0.480 e. The average molecular weight is 968 g/mol. The number of aliphatic hydroxyl groups is 1. The highest BCUT2D eigenvalue weighted by Crippen LogP contribution is 2.43. The summed E-state index contributed by atoms with van der Waals surface area (Å²) in [6.07, 6.45) is 57.3. The third-order valence-corrected chi connectivity index (χ3v) is 13.1. The molecule has 0 aliphatic heterocycles. The van der Waals surface area contributed by atoms with Gasteiger partial charge in [0.2, 0.25) is 5.91 Å². The number of allylic oxidation sites excluding steroid dienone is 6. The van der Waals surface area contributed by atoms with Crippen LogP contribution in [0.1, 0.15) is 264 Å². The highest BCUT2D eigenvalue weighted by atomic mass is 31.2. The number of ether oxygens (including phenoxy) is 1. The number of phosphoric ester groups is 1. The summed E-state index contributed by atoms with van der Waals surface area (Å²) in [4.78, 5) is 46.2. The van der Waals surface area contributed by atoms with Crippen LogP contribution in [0.15, 0.2) is 36.5 Å². The maximum Gasteiger partial charge on any atom is 0.472 e. The van der Waals surface area contributed by atoms with E-state index < -0.39 is 57.6 Å². The maximum atomic E-state index is 12.4. The lowest BCUT2D eigenvalue weighted by Crippen LogP contribution is -2.43. The van der Waals surface area contributed by atoms with Gasteiger partial charge in [0.15, 0.2) is 6.04 Å². The van der Waals surface area contributed by atoms with Gasteiger partial charge in [-0.25, -0.2) is 9.36 Å². The third kappa shape index (κ3) is 49.9. The number of carbonyl (C=O) groups is 3. The van der Waals surface area contributed by atoms with Crippen molar-refractivity contribution in [3.63, 3.8) is 0 Å². The van der Waals surface area contributed by atoms with Crippen LogP contribution in [0.5, 0.6) is 0 Å². The number of carbonyl (C=O) groups excluding carboxylic acids is 2. The number of aliphatic carboxylic acids is 1. The average Bonchev–Trinajstić information content (AvgIpc) is 3.31. The number of esters is 1. The van der Waals surface area contributed by atoms with E-state index in [9.17, 15) is 34.1 Å². The van der Waals surface area contributed by atoms with Crippen LogP contribution >= 0.6 is 7.82 Å². The van der Waals surface area contributed by atoms with Gasteiger partial charge in [0.25, 0.3) is 0 Å². The van der Waals surface area contributed by atoms with E-state index in [1.165, 1.54) is 167 Å². The molecule has 12 heteroatoms. The summed E-state index contributed by atoms with van der Waals surface area (Å²) in [7, 11) is -4.76. The van der Waals surface area contributed by atoms with Crippen molar-refractivity contribution in [2.45, 2.75) is 276 Å². The molecular formula is C55H102NO10P. The van der Waals surface area contributed by atoms with E-state index in [2.05, 4.69) is 55.6 Å². The summed E-state index contributed by atoms with van der Waals surface area (Å²) < 4.78 is 27.0. The second-order valence-electron chi connectivity index (χ2n) is 18.8. The molecule has 0 bridgehead atoms. The zero-order chi connectivity index (χ0) is 49.2. The van der Waals surface area contributed by atoms with Crippen LogP contribution in [0.25, 0.3) is 0 Å². The fourth-order valence-corrected chi connectivity index (χ4v) is 8.69. The second kappa shape index (κ2) is 50.1. The maximum absolute atomic E-state index is 12.4. The number of carboxylic acid groups (broad SMARTS) is 1. The Labute approximate surface area is 410 Å². The Morgan fingerprint density at radius 3 is 1.25 bits per heavy atom. The van der Waals surface area contributed by atoms with Crippen molar-refractivity contribution >= 4 is 25.7 Å². The SMILES string of the molecule is CCCCC/C=C\C/C=C\C/C=C\CCCCCCCCCCCCC(=O)OCC(O)COP(=O)(O)OCC(NC(=O)CCCCCCCCCCCCCCCCCCCCCC)C(=O)O. The Bertz CT molecular complexity index is 1270. The number of amides is 1. The fraction of sp³-hybridized carbons (Fsp3) is 0.836. The number of carboxylic acids is 1. The van der Waals surface area contributed by atoms with E-state index >= 15 is 0 Å². The molecule has 0 aliphatic carbocycles. The number of hydrogen-bond acceptors (Lipinski definition) is 8. The molecule has 1 amide bonds. The van der Waals surface area contributed by atoms with Crippen molar-refractivity contribution in [1.29, 1.82) is 0 Å². The molecule has 3 atom stereocenters. The molecule has 0 radical (unpaired) electrons. The first-order chi connectivity index (χ1) is 32.6. The van der Waals surface area contributed by atoms with Crippen LogP contribution in [-0.4, -0.2) is 64.9 Å². The van der Waals surface area contributed by atoms with E-state index in [1.807, 2.05) is 0 Å². The van der Waals surface area contributed by atoms with E-state index in [0.717, 1.165) is 57.8 Å². The molecule has 0 aromatic carbocycles. The number of rotatable bonds is 52. The smallest absolute Gasteiger partial charge is 0.472 e. The number of unbranched alkanes of at least 4 members (excludes halogenated alkanes) is 32. The lowest BCUT2D eigenvalue weighted by atomic mass is 10.0. The first kappa shape index (κ1) is 64.7. The van der Waals surface area contributed by atoms with Crippen molar-refractivity contribution < 1.29 is 47.8 Å². The molecule has 0 heterocycles. The Kier molecular flexibility index (Phi) is 48.4. The van der Waals surface area contributed by atoms with Crippen LogP contribution in [0.3, 0.4) is 0 Å². The zero-order valence-electron chi connectivity index (χ0n) is 43.0. The van der Waals surface area contributed by atoms with Gasteiger partial charge in [-0.2, -0.15) is 0 Å². The van der Waals surface area contributed by atoms with Gasteiger partial charge in [0, 0.05) is 12.8 Å². The molecule has 0 aliphatic rings. The van der Waals surface area contributed by atoms with Crippen LogP contribution < -0.4 is 5.32 Å². The van der Waals surface area contributed by atoms with Crippen molar-refractivity contribution in [3.8, 4) is 0 Å². The molecule has 11 nitrogen and oxygen atoms in total. The van der Waals surface area contributed by atoms with Crippen molar-refractivity contribution in [1.82, 2.24) is 5.32 Å².